The summed E-state index contributed by atoms with van der Waals surface area (Å²) in [5, 5.41) is 2.45. The number of carbonyl (C=O) groups excluding carboxylic acids is 2. The topological polar surface area (TPSA) is 133 Å². The summed E-state index contributed by atoms with van der Waals surface area (Å²) in [6, 6.07) is 6.43. The first-order valence-electron chi connectivity index (χ1n) is 11.1. The number of benzene rings is 2. The molecule has 2 heterocycles. The molecule has 1 aliphatic rings. The van der Waals surface area contributed by atoms with Crippen LogP contribution in [0.25, 0.3) is 0 Å². The lowest BCUT2D eigenvalue weighted by Crippen LogP contribution is -2.32. The maximum atomic E-state index is 13.5. The normalized spacial score (nSPS) is 15.2. The standard InChI is InChI=1S/C24H19F4N3O7S/c25-18-3-2-15(10-19(18)26)39(34,35)31-23(33)16-5-7-29-11-17(16)22(32)30-13-1-4-20(38-24(27)28)21(9-13)37-14-6-8-36-12-14/h1-5,7,9-11,14,24H,6,8,12H2,(H,30,32)(H,31,33)/t14-/m1/s1. The van der Waals surface area contributed by atoms with Crippen LogP contribution < -0.4 is 19.5 Å². The van der Waals surface area contributed by atoms with Crippen LogP contribution in [0.2, 0.25) is 0 Å². The van der Waals surface area contributed by atoms with Gasteiger partial charge in [0.1, 0.15) is 6.10 Å². The van der Waals surface area contributed by atoms with Gasteiger partial charge in [0.25, 0.3) is 21.8 Å². The molecular weight excluding hydrogens is 550 g/mol. The van der Waals surface area contributed by atoms with E-state index in [9.17, 15) is 35.6 Å². The van der Waals surface area contributed by atoms with Gasteiger partial charge in [-0.1, -0.05) is 0 Å². The highest BCUT2D eigenvalue weighted by atomic mass is 32.2. The van der Waals surface area contributed by atoms with E-state index < -0.39 is 56.6 Å². The highest BCUT2D eigenvalue weighted by Gasteiger charge is 2.25. The number of nitrogens with one attached hydrogen (secondary N) is 2. The lowest BCUT2D eigenvalue weighted by molar-refractivity contribution is -0.0521. The third-order valence-corrected chi connectivity index (χ3v) is 6.67. The molecule has 2 aromatic carbocycles. The largest absolute Gasteiger partial charge is 0.484 e. The number of pyridine rings is 1. The Balaban J connectivity index is 1.55. The van der Waals surface area contributed by atoms with Crippen molar-refractivity contribution in [1.82, 2.24) is 9.71 Å². The second-order valence-electron chi connectivity index (χ2n) is 8.03. The van der Waals surface area contributed by atoms with Gasteiger partial charge in [-0.05, 0) is 36.4 Å². The average molecular weight is 569 g/mol. The molecule has 1 aromatic heterocycles. The van der Waals surface area contributed by atoms with Crippen molar-refractivity contribution in [3.63, 3.8) is 0 Å². The van der Waals surface area contributed by atoms with E-state index in [0.29, 0.717) is 25.2 Å². The summed E-state index contributed by atoms with van der Waals surface area (Å²) < 4.78 is 94.4. The van der Waals surface area contributed by atoms with Crippen LogP contribution >= 0.6 is 0 Å². The minimum Gasteiger partial charge on any atom is -0.484 e. The van der Waals surface area contributed by atoms with Crippen LogP contribution in [-0.2, 0) is 14.8 Å². The van der Waals surface area contributed by atoms with E-state index >= 15 is 0 Å². The quantitative estimate of drug-likeness (QED) is 0.374. The van der Waals surface area contributed by atoms with E-state index in [2.05, 4.69) is 15.0 Å². The number of sulfonamides is 1. The highest BCUT2D eigenvalue weighted by molar-refractivity contribution is 7.90. The summed E-state index contributed by atoms with van der Waals surface area (Å²) in [5.74, 6) is -5.26. The second kappa shape index (κ2) is 11.7. The number of hydrogen-bond acceptors (Lipinski definition) is 8. The third kappa shape index (κ3) is 6.80. The first kappa shape index (κ1) is 27.8. The van der Waals surface area contributed by atoms with Crippen LogP contribution in [0.15, 0.2) is 59.8 Å². The van der Waals surface area contributed by atoms with E-state index in [4.69, 9.17) is 9.47 Å². The summed E-state index contributed by atoms with van der Waals surface area (Å²) in [5.41, 5.74) is -0.693. The SMILES string of the molecule is O=C(Nc1ccc(OC(F)F)c(O[C@@H]2CCOC2)c1)c1cnccc1C(=O)NS(=O)(=O)c1ccc(F)c(F)c1. The number of alkyl halides is 2. The highest BCUT2D eigenvalue weighted by Crippen LogP contribution is 2.33. The zero-order valence-electron chi connectivity index (χ0n) is 19.7. The van der Waals surface area contributed by atoms with Crippen molar-refractivity contribution in [2.24, 2.45) is 0 Å². The van der Waals surface area contributed by atoms with Gasteiger partial charge in [-0.25, -0.2) is 21.9 Å². The van der Waals surface area contributed by atoms with Crippen LogP contribution in [0.5, 0.6) is 11.5 Å². The van der Waals surface area contributed by atoms with Gasteiger partial charge in [-0.15, -0.1) is 0 Å². The predicted octanol–water partition coefficient (Wildman–Crippen LogP) is 3.50. The van der Waals surface area contributed by atoms with Crippen LogP contribution in [0, 0.1) is 11.6 Å². The van der Waals surface area contributed by atoms with E-state index in [0.717, 1.165) is 30.6 Å². The molecule has 1 fully saturated rings. The van der Waals surface area contributed by atoms with Gasteiger partial charge in [0.05, 0.1) is 29.2 Å². The third-order valence-electron chi connectivity index (χ3n) is 5.34. The number of hydrogen-bond donors (Lipinski definition) is 2. The molecule has 206 valence electrons. The summed E-state index contributed by atoms with van der Waals surface area (Å²) in [7, 11) is -4.64. The molecule has 39 heavy (non-hydrogen) atoms. The first-order chi connectivity index (χ1) is 18.5. The Morgan fingerprint density at radius 3 is 2.49 bits per heavy atom. The van der Waals surface area contributed by atoms with Gasteiger partial charge in [-0.3, -0.25) is 14.6 Å². The van der Waals surface area contributed by atoms with Crippen molar-refractivity contribution < 1.29 is 49.8 Å². The van der Waals surface area contributed by atoms with Crippen molar-refractivity contribution in [3.8, 4) is 11.5 Å². The molecule has 0 radical (unpaired) electrons. The molecule has 10 nitrogen and oxygen atoms in total. The molecule has 15 heteroatoms. The van der Waals surface area contributed by atoms with Gasteiger partial charge in [-0.2, -0.15) is 8.78 Å². The number of nitrogens with zero attached hydrogens (tertiary/aromatic N) is 1. The summed E-state index contributed by atoms with van der Waals surface area (Å²) >= 11 is 0. The van der Waals surface area contributed by atoms with E-state index in [1.807, 2.05) is 0 Å². The molecular formula is C24H19F4N3O7S. The molecule has 2 N–H and O–H groups in total. The Bertz CT molecular complexity index is 1500. The molecule has 1 aliphatic heterocycles. The molecule has 1 atom stereocenters. The minimum absolute atomic E-state index is 0.0696. The maximum absolute atomic E-state index is 13.5. The van der Waals surface area contributed by atoms with Gasteiger partial charge in [0, 0.05) is 30.6 Å². The predicted molar refractivity (Wildman–Crippen MR) is 126 cm³/mol. The Hall–Kier alpha value is -4.24. The number of halogens is 4. The van der Waals surface area contributed by atoms with Crippen molar-refractivity contribution in [2.45, 2.75) is 24.0 Å². The number of ether oxygens (including phenoxy) is 3. The zero-order chi connectivity index (χ0) is 28.2. The first-order valence-corrected chi connectivity index (χ1v) is 12.6. The molecule has 4 rings (SSSR count). The molecule has 1 saturated heterocycles. The van der Waals surface area contributed by atoms with Crippen LogP contribution in [0.1, 0.15) is 27.1 Å². The van der Waals surface area contributed by atoms with Crippen molar-refractivity contribution in [1.29, 1.82) is 0 Å². The molecule has 0 aliphatic carbocycles. The van der Waals surface area contributed by atoms with Crippen molar-refractivity contribution in [2.75, 3.05) is 18.5 Å². The van der Waals surface area contributed by atoms with E-state index in [-0.39, 0.29) is 29.4 Å². The van der Waals surface area contributed by atoms with Crippen molar-refractivity contribution in [3.05, 3.63) is 77.6 Å². The molecule has 0 saturated carbocycles. The fourth-order valence-electron chi connectivity index (χ4n) is 3.51. The van der Waals surface area contributed by atoms with Crippen LogP contribution in [0.4, 0.5) is 23.2 Å². The van der Waals surface area contributed by atoms with Crippen LogP contribution in [0.3, 0.4) is 0 Å². The fourth-order valence-corrected chi connectivity index (χ4v) is 4.49. The Labute approximate surface area is 219 Å². The van der Waals surface area contributed by atoms with Crippen LogP contribution in [-0.4, -0.2) is 51.1 Å². The lowest BCUT2D eigenvalue weighted by Gasteiger charge is -2.17. The maximum Gasteiger partial charge on any atom is 0.387 e. The summed E-state index contributed by atoms with van der Waals surface area (Å²) in [4.78, 5) is 28.8. The van der Waals surface area contributed by atoms with E-state index in [1.54, 1.807) is 4.72 Å². The number of anilines is 1. The minimum atomic E-state index is -4.64. The fraction of sp³-hybridized carbons (Fsp3) is 0.208. The van der Waals surface area contributed by atoms with Gasteiger partial charge in [0.2, 0.25) is 0 Å². The second-order valence-corrected chi connectivity index (χ2v) is 9.71. The Kier molecular flexibility index (Phi) is 8.30. The van der Waals surface area contributed by atoms with Crippen molar-refractivity contribution >= 4 is 27.5 Å². The lowest BCUT2D eigenvalue weighted by atomic mass is 10.1. The molecule has 0 spiro atoms. The number of rotatable bonds is 9. The smallest absolute Gasteiger partial charge is 0.387 e. The number of aromatic nitrogens is 1. The summed E-state index contributed by atoms with van der Waals surface area (Å²) in [6.07, 6.45) is 2.20. The molecule has 0 bridgehead atoms. The monoisotopic (exact) mass is 569 g/mol. The van der Waals surface area contributed by atoms with Gasteiger partial charge < -0.3 is 19.5 Å². The zero-order valence-corrected chi connectivity index (χ0v) is 20.5. The Morgan fingerprint density at radius 2 is 1.79 bits per heavy atom. The number of carbonyl (C=O) groups is 2. The van der Waals surface area contributed by atoms with Gasteiger partial charge in [0.15, 0.2) is 23.1 Å². The summed E-state index contributed by atoms with van der Waals surface area (Å²) in [6.45, 7) is -2.48. The molecule has 2 amide bonds. The molecule has 3 aromatic rings. The molecule has 0 unspecified atom stereocenters. The number of amides is 2. The average Bonchev–Trinajstić information content (AvgIpc) is 3.40. The van der Waals surface area contributed by atoms with Gasteiger partial charge >= 0.3 is 6.61 Å². The Morgan fingerprint density at radius 1 is 1.00 bits per heavy atom. The van der Waals surface area contributed by atoms with E-state index in [1.165, 1.54) is 12.1 Å².